The van der Waals surface area contributed by atoms with Crippen LogP contribution in [0.5, 0.6) is 0 Å². The summed E-state index contributed by atoms with van der Waals surface area (Å²) < 4.78 is 2.60. The summed E-state index contributed by atoms with van der Waals surface area (Å²) in [5.74, 6) is 0.499. The zero-order chi connectivity index (χ0) is 24.9. The molecule has 0 N–H and O–H groups in total. The highest BCUT2D eigenvalue weighted by atomic mass is 79.9. The molecule has 2 heterocycles. The van der Waals surface area contributed by atoms with Gasteiger partial charge in [-0.2, -0.15) is 0 Å². The third-order valence-corrected chi connectivity index (χ3v) is 7.12. The average Bonchev–Trinajstić information content (AvgIpc) is 3.33. The smallest absolute Gasteiger partial charge is 0.281 e. The Balaban J connectivity index is 1.84. The molecule has 1 atom stereocenters. The molecule has 0 bridgehead atoms. The van der Waals surface area contributed by atoms with Crippen molar-refractivity contribution in [3.8, 4) is 0 Å². The molecule has 0 aliphatic carbocycles. The Labute approximate surface area is 217 Å². The van der Waals surface area contributed by atoms with Gasteiger partial charge in [-0.3, -0.25) is 14.2 Å². The lowest BCUT2D eigenvalue weighted by atomic mass is 10.1. The molecule has 2 aromatic carbocycles. The Bertz CT molecular complexity index is 1350. The van der Waals surface area contributed by atoms with Crippen LogP contribution in [0, 0.1) is 0 Å². The van der Waals surface area contributed by atoms with Crippen molar-refractivity contribution in [1.29, 1.82) is 0 Å². The van der Waals surface area contributed by atoms with Crippen molar-refractivity contribution in [3.05, 3.63) is 91.9 Å². The van der Waals surface area contributed by atoms with E-state index in [1.54, 1.807) is 10.1 Å². The van der Waals surface area contributed by atoms with E-state index in [4.69, 9.17) is 4.98 Å². The molecular weight excluding hydrogens is 526 g/mol. The van der Waals surface area contributed by atoms with Gasteiger partial charge in [0.1, 0.15) is 5.82 Å². The van der Waals surface area contributed by atoms with E-state index in [1.807, 2.05) is 85.4 Å². The number of carbonyl (C=O) groups excluding carboxylic acids is 1. The molecule has 0 saturated carbocycles. The van der Waals surface area contributed by atoms with Crippen LogP contribution in [-0.2, 0) is 6.54 Å². The number of thiazole rings is 1. The number of likely N-dealkylation sites (N-methyl/N-ethyl adjacent to an activating group) is 1. The summed E-state index contributed by atoms with van der Waals surface area (Å²) in [6.07, 6.45) is 0.612. The molecule has 0 radical (unpaired) electrons. The van der Waals surface area contributed by atoms with E-state index in [-0.39, 0.29) is 17.5 Å². The molecule has 35 heavy (non-hydrogen) atoms. The van der Waals surface area contributed by atoms with Crippen LogP contribution in [0.4, 0.5) is 0 Å². The number of nitrogens with zero attached hydrogens (tertiary/aromatic N) is 5. The lowest BCUT2D eigenvalue weighted by molar-refractivity contribution is 0.0642. The van der Waals surface area contributed by atoms with Crippen LogP contribution >= 0.6 is 27.3 Å². The zero-order valence-corrected chi connectivity index (χ0v) is 22.4. The lowest BCUT2D eigenvalue weighted by Crippen LogP contribution is -2.42. The molecule has 1 unspecified atom stereocenters. The number of hydrogen-bond donors (Lipinski definition) is 0. The largest absolute Gasteiger partial charge is 0.327 e. The van der Waals surface area contributed by atoms with Crippen molar-refractivity contribution in [2.24, 2.45) is 0 Å². The van der Waals surface area contributed by atoms with Gasteiger partial charge in [0.15, 0.2) is 10.3 Å². The van der Waals surface area contributed by atoms with E-state index in [0.29, 0.717) is 47.8 Å². The quantitative estimate of drug-likeness (QED) is 0.297. The first kappa shape index (κ1) is 25.2. The first-order valence-corrected chi connectivity index (χ1v) is 13.2. The van der Waals surface area contributed by atoms with E-state index < -0.39 is 0 Å². The summed E-state index contributed by atoms with van der Waals surface area (Å²) in [5, 5.41) is 0. The molecule has 4 aromatic rings. The minimum absolute atomic E-state index is 0.0869. The highest BCUT2D eigenvalue weighted by Gasteiger charge is 2.29. The second-order valence-corrected chi connectivity index (χ2v) is 10.3. The minimum atomic E-state index is -0.381. The van der Waals surface area contributed by atoms with Crippen LogP contribution in [0.2, 0.25) is 0 Å². The fourth-order valence-corrected chi connectivity index (χ4v) is 4.96. The summed E-state index contributed by atoms with van der Waals surface area (Å²) in [5.41, 5.74) is 3.41. The summed E-state index contributed by atoms with van der Waals surface area (Å²) >= 11 is 4.79. The van der Waals surface area contributed by atoms with Gasteiger partial charge in [-0.15, -0.1) is 11.3 Å². The highest BCUT2D eigenvalue weighted by molar-refractivity contribution is 9.10. The lowest BCUT2D eigenvalue weighted by Gasteiger charge is -2.33. The van der Waals surface area contributed by atoms with Crippen LogP contribution in [0.1, 0.15) is 41.1 Å². The number of hydrogen-bond acceptors (Lipinski definition) is 6. The molecule has 0 aliphatic heterocycles. The van der Waals surface area contributed by atoms with Crippen molar-refractivity contribution in [3.63, 3.8) is 0 Å². The highest BCUT2D eigenvalue weighted by Crippen LogP contribution is 2.27. The number of amides is 1. The van der Waals surface area contributed by atoms with Crippen molar-refractivity contribution in [1.82, 2.24) is 24.3 Å². The molecule has 2 aromatic heterocycles. The van der Waals surface area contributed by atoms with Crippen LogP contribution in [-0.4, -0.2) is 57.4 Å². The second kappa shape index (κ2) is 11.2. The fraction of sp³-hybridized carbons (Fsp3) is 0.308. The molecule has 4 rings (SSSR count). The minimum Gasteiger partial charge on any atom is -0.327 e. The first-order chi connectivity index (χ1) is 16.9. The Morgan fingerprint density at radius 1 is 1.09 bits per heavy atom. The maximum atomic E-state index is 13.8. The third-order valence-electron chi connectivity index (χ3n) is 5.87. The molecule has 0 aliphatic rings. The molecule has 9 heteroatoms. The zero-order valence-electron chi connectivity index (χ0n) is 20.0. The van der Waals surface area contributed by atoms with Gasteiger partial charge in [-0.1, -0.05) is 53.2 Å². The van der Waals surface area contributed by atoms with E-state index in [2.05, 4.69) is 20.9 Å². The predicted octanol–water partition coefficient (Wildman–Crippen LogP) is 4.82. The Morgan fingerprint density at radius 3 is 2.46 bits per heavy atom. The average molecular weight is 555 g/mol. The number of rotatable bonds is 9. The monoisotopic (exact) mass is 553 g/mol. The van der Waals surface area contributed by atoms with Gasteiger partial charge in [0.2, 0.25) is 0 Å². The molecule has 0 spiro atoms. The van der Waals surface area contributed by atoms with E-state index in [1.165, 1.54) is 11.3 Å². The molecule has 0 fully saturated rings. The van der Waals surface area contributed by atoms with Gasteiger partial charge in [0, 0.05) is 23.1 Å². The number of benzene rings is 2. The van der Waals surface area contributed by atoms with Crippen LogP contribution in [0.25, 0.3) is 10.3 Å². The topological polar surface area (TPSA) is 71.3 Å². The van der Waals surface area contributed by atoms with Crippen molar-refractivity contribution in [2.75, 3.05) is 27.2 Å². The van der Waals surface area contributed by atoms with Gasteiger partial charge < -0.3 is 9.80 Å². The number of aromatic nitrogens is 3. The molecule has 7 nitrogen and oxygen atoms in total. The predicted molar refractivity (Wildman–Crippen MR) is 144 cm³/mol. The maximum Gasteiger partial charge on any atom is 0.281 e. The van der Waals surface area contributed by atoms with Crippen molar-refractivity contribution in [2.45, 2.75) is 25.9 Å². The molecule has 1 amide bonds. The SMILES string of the molecule is CCC(c1nc2scnc2c(=O)n1Cc1ccccc1)N(CCN(C)C)C(=O)c1ccc(Br)cc1. The molecule has 0 saturated heterocycles. The van der Waals surface area contributed by atoms with E-state index in [9.17, 15) is 9.59 Å². The van der Waals surface area contributed by atoms with Gasteiger partial charge in [-0.05, 0) is 50.3 Å². The number of fused-ring (bicyclic) bond motifs is 1. The number of carbonyl (C=O) groups is 1. The Kier molecular flexibility index (Phi) is 8.10. The van der Waals surface area contributed by atoms with E-state index in [0.717, 1.165) is 10.0 Å². The normalized spacial score (nSPS) is 12.3. The van der Waals surface area contributed by atoms with Gasteiger partial charge in [0.25, 0.3) is 11.5 Å². The fourth-order valence-electron chi connectivity index (χ4n) is 4.04. The first-order valence-electron chi connectivity index (χ1n) is 11.5. The van der Waals surface area contributed by atoms with E-state index >= 15 is 0 Å². The summed E-state index contributed by atoms with van der Waals surface area (Å²) in [6.45, 7) is 3.57. The number of halogens is 1. The van der Waals surface area contributed by atoms with Crippen LogP contribution in [0.15, 0.2) is 69.4 Å². The molecule has 182 valence electrons. The summed E-state index contributed by atoms with van der Waals surface area (Å²) in [6, 6.07) is 16.8. The van der Waals surface area contributed by atoms with Crippen molar-refractivity contribution < 1.29 is 4.79 Å². The van der Waals surface area contributed by atoms with Crippen LogP contribution in [0.3, 0.4) is 0 Å². The van der Waals surface area contributed by atoms with Crippen LogP contribution < -0.4 is 5.56 Å². The van der Waals surface area contributed by atoms with Gasteiger partial charge in [-0.25, -0.2) is 9.97 Å². The Morgan fingerprint density at radius 2 is 1.80 bits per heavy atom. The van der Waals surface area contributed by atoms with Crippen molar-refractivity contribution >= 4 is 43.5 Å². The standard InChI is InChI=1S/C26H28BrN5O2S/c1-4-21(31(15-14-30(2)3)25(33)19-10-12-20(27)13-11-19)23-29-24-22(28-17-35-24)26(34)32(23)16-18-8-6-5-7-9-18/h5-13,17,21H,4,14-16H2,1-3H3. The van der Waals surface area contributed by atoms with Gasteiger partial charge >= 0.3 is 0 Å². The third kappa shape index (κ3) is 5.69. The second-order valence-electron chi connectivity index (χ2n) is 8.59. The summed E-state index contributed by atoms with van der Waals surface area (Å²) in [4.78, 5) is 41.0. The summed E-state index contributed by atoms with van der Waals surface area (Å²) in [7, 11) is 3.96. The maximum absolute atomic E-state index is 13.8. The van der Waals surface area contributed by atoms with Gasteiger partial charge in [0.05, 0.1) is 18.1 Å². The Hall–Kier alpha value is -2.88. The molecular formula is C26H28BrN5O2S.